The van der Waals surface area contributed by atoms with Crippen LogP contribution in [0.15, 0.2) is 36.4 Å². The highest BCUT2D eigenvalue weighted by atomic mass is 16.5. The number of benzene rings is 1. The molecule has 132 valence electrons. The number of carbonyl (C=O) groups excluding carboxylic acids is 1. The molecule has 2 aromatic rings. The number of aromatic nitrogens is 2. The van der Waals surface area contributed by atoms with Gasteiger partial charge in [-0.15, -0.1) is 5.10 Å². The molecular weight excluding hydrogens is 316 g/mol. The van der Waals surface area contributed by atoms with Crippen LogP contribution in [-0.4, -0.2) is 46.7 Å². The maximum Gasteiger partial charge on any atom is 0.257 e. The second kappa shape index (κ2) is 7.96. The van der Waals surface area contributed by atoms with E-state index >= 15 is 0 Å². The number of amides is 1. The average molecular weight is 340 g/mol. The third-order valence-corrected chi connectivity index (χ3v) is 4.35. The fraction of sp³-hybridized carbons (Fsp3) is 0.421. The Morgan fingerprint density at radius 3 is 2.64 bits per heavy atom. The molecule has 1 aliphatic rings. The standard InChI is InChI=1S/C19H24N4O2/c1-3-25-17-7-5-4-6-16(17)19(24)23-12-10-15(11-13-23)20-18-9-8-14(2)21-22-18/h4-9,15H,3,10-13H2,1-2H3,(H,20,22). The van der Waals surface area contributed by atoms with Gasteiger partial charge in [-0.2, -0.15) is 5.10 Å². The zero-order chi connectivity index (χ0) is 17.6. The second-order valence-electron chi connectivity index (χ2n) is 6.20. The van der Waals surface area contributed by atoms with E-state index in [2.05, 4.69) is 15.5 Å². The molecule has 1 aromatic heterocycles. The Hall–Kier alpha value is -2.63. The predicted octanol–water partition coefficient (Wildman–Crippen LogP) is 2.90. The fourth-order valence-corrected chi connectivity index (χ4v) is 3.01. The number of likely N-dealkylation sites (tertiary alicyclic amines) is 1. The molecule has 0 saturated carbocycles. The quantitative estimate of drug-likeness (QED) is 0.906. The SMILES string of the molecule is CCOc1ccccc1C(=O)N1CCC(Nc2ccc(C)nn2)CC1. The summed E-state index contributed by atoms with van der Waals surface area (Å²) in [5.74, 6) is 1.49. The van der Waals surface area contributed by atoms with Crippen LogP contribution in [0.4, 0.5) is 5.82 Å². The lowest BCUT2D eigenvalue weighted by atomic mass is 10.0. The van der Waals surface area contributed by atoms with Crippen LogP contribution < -0.4 is 10.1 Å². The Bertz CT molecular complexity index is 710. The molecule has 6 nitrogen and oxygen atoms in total. The number of rotatable bonds is 5. The lowest BCUT2D eigenvalue weighted by Crippen LogP contribution is -2.42. The van der Waals surface area contributed by atoms with E-state index in [0.29, 0.717) is 24.0 Å². The maximum atomic E-state index is 12.8. The van der Waals surface area contributed by atoms with Gasteiger partial charge in [0.1, 0.15) is 11.6 Å². The van der Waals surface area contributed by atoms with Gasteiger partial charge in [-0.25, -0.2) is 0 Å². The third kappa shape index (κ3) is 4.26. The smallest absolute Gasteiger partial charge is 0.257 e. The minimum atomic E-state index is 0.0395. The van der Waals surface area contributed by atoms with Crippen LogP contribution in [0.25, 0.3) is 0 Å². The minimum absolute atomic E-state index is 0.0395. The summed E-state index contributed by atoms with van der Waals surface area (Å²) in [4.78, 5) is 14.7. The molecule has 1 fully saturated rings. The molecule has 1 N–H and O–H groups in total. The molecule has 0 bridgehead atoms. The first-order chi connectivity index (χ1) is 12.2. The minimum Gasteiger partial charge on any atom is -0.493 e. The lowest BCUT2D eigenvalue weighted by Gasteiger charge is -2.33. The van der Waals surface area contributed by atoms with Gasteiger partial charge in [0, 0.05) is 19.1 Å². The van der Waals surface area contributed by atoms with Crippen molar-refractivity contribution in [3.8, 4) is 5.75 Å². The van der Waals surface area contributed by atoms with E-state index in [-0.39, 0.29) is 5.91 Å². The van der Waals surface area contributed by atoms with Crippen molar-refractivity contribution >= 4 is 11.7 Å². The molecular formula is C19H24N4O2. The summed E-state index contributed by atoms with van der Waals surface area (Å²) in [7, 11) is 0. The average Bonchev–Trinajstić information content (AvgIpc) is 2.64. The molecule has 0 aliphatic carbocycles. The summed E-state index contributed by atoms with van der Waals surface area (Å²) in [6.07, 6.45) is 1.77. The molecule has 1 aromatic carbocycles. The molecule has 6 heteroatoms. The summed E-state index contributed by atoms with van der Waals surface area (Å²) in [5.41, 5.74) is 1.54. The van der Waals surface area contributed by atoms with Crippen molar-refractivity contribution in [3.05, 3.63) is 47.7 Å². The molecule has 3 rings (SSSR count). The van der Waals surface area contributed by atoms with Crippen LogP contribution in [0.2, 0.25) is 0 Å². The lowest BCUT2D eigenvalue weighted by molar-refractivity contribution is 0.0714. The molecule has 2 heterocycles. The molecule has 0 spiro atoms. The van der Waals surface area contributed by atoms with Gasteiger partial charge >= 0.3 is 0 Å². The van der Waals surface area contributed by atoms with Crippen molar-refractivity contribution in [3.63, 3.8) is 0 Å². The molecule has 25 heavy (non-hydrogen) atoms. The largest absolute Gasteiger partial charge is 0.493 e. The Morgan fingerprint density at radius 2 is 1.96 bits per heavy atom. The van der Waals surface area contributed by atoms with Gasteiger partial charge in [-0.3, -0.25) is 4.79 Å². The second-order valence-corrected chi connectivity index (χ2v) is 6.20. The van der Waals surface area contributed by atoms with Gasteiger partial charge in [0.2, 0.25) is 0 Å². The Morgan fingerprint density at radius 1 is 1.20 bits per heavy atom. The zero-order valence-corrected chi connectivity index (χ0v) is 14.7. The van der Waals surface area contributed by atoms with E-state index in [4.69, 9.17) is 4.74 Å². The van der Waals surface area contributed by atoms with Gasteiger partial charge in [-0.05, 0) is 51.0 Å². The summed E-state index contributed by atoms with van der Waals surface area (Å²) >= 11 is 0. The summed E-state index contributed by atoms with van der Waals surface area (Å²) in [5, 5.41) is 11.6. The number of nitrogens with one attached hydrogen (secondary N) is 1. The third-order valence-electron chi connectivity index (χ3n) is 4.35. The van der Waals surface area contributed by atoms with E-state index in [0.717, 1.165) is 37.4 Å². The first kappa shape index (κ1) is 17.2. The van der Waals surface area contributed by atoms with Crippen LogP contribution in [0.1, 0.15) is 35.8 Å². The highest BCUT2D eigenvalue weighted by molar-refractivity contribution is 5.97. The van der Waals surface area contributed by atoms with Crippen LogP contribution in [0.3, 0.4) is 0 Å². The van der Waals surface area contributed by atoms with E-state index in [9.17, 15) is 4.79 Å². The molecule has 1 amide bonds. The molecule has 0 radical (unpaired) electrons. The van der Waals surface area contributed by atoms with E-state index in [1.54, 1.807) is 0 Å². The summed E-state index contributed by atoms with van der Waals surface area (Å²) in [6, 6.07) is 11.6. The van der Waals surface area contributed by atoms with Crippen molar-refractivity contribution < 1.29 is 9.53 Å². The van der Waals surface area contributed by atoms with E-state index in [1.807, 2.05) is 55.1 Å². The topological polar surface area (TPSA) is 67.3 Å². The van der Waals surface area contributed by atoms with Crippen molar-refractivity contribution in [1.29, 1.82) is 0 Å². The molecule has 1 saturated heterocycles. The summed E-state index contributed by atoms with van der Waals surface area (Å²) < 4.78 is 5.58. The molecule has 0 unspecified atom stereocenters. The van der Waals surface area contributed by atoms with Crippen molar-refractivity contribution in [2.24, 2.45) is 0 Å². The van der Waals surface area contributed by atoms with Crippen LogP contribution in [0.5, 0.6) is 5.75 Å². The zero-order valence-electron chi connectivity index (χ0n) is 14.7. The Kier molecular flexibility index (Phi) is 5.48. The van der Waals surface area contributed by atoms with Crippen LogP contribution in [0, 0.1) is 6.92 Å². The van der Waals surface area contributed by atoms with Crippen molar-refractivity contribution in [2.45, 2.75) is 32.7 Å². The molecule has 0 atom stereocenters. The van der Waals surface area contributed by atoms with Crippen molar-refractivity contribution in [1.82, 2.24) is 15.1 Å². The first-order valence-corrected chi connectivity index (χ1v) is 8.75. The highest BCUT2D eigenvalue weighted by Gasteiger charge is 2.25. The first-order valence-electron chi connectivity index (χ1n) is 8.75. The van der Waals surface area contributed by atoms with Crippen LogP contribution >= 0.6 is 0 Å². The highest BCUT2D eigenvalue weighted by Crippen LogP contribution is 2.23. The van der Waals surface area contributed by atoms with Crippen LogP contribution in [-0.2, 0) is 0 Å². The number of carbonyl (C=O) groups is 1. The fourth-order valence-electron chi connectivity index (χ4n) is 3.01. The van der Waals surface area contributed by atoms with Gasteiger partial charge in [0.05, 0.1) is 17.9 Å². The molecule has 1 aliphatic heterocycles. The Labute approximate surface area is 148 Å². The predicted molar refractivity (Wildman–Crippen MR) is 96.9 cm³/mol. The number of nitrogens with zero attached hydrogens (tertiary/aromatic N) is 3. The monoisotopic (exact) mass is 340 g/mol. The Balaban J connectivity index is 1.58. The number of piperidine rings is 1. The van der Waals surface area contributed by atoms with Crippen molar-refractivity contribution in [2.75, 3.05) is 25.0 Å². The van der Waals surface area contributed by atoms with E-state index < -0.39 is 0 Å². The van der Waals surface area contributed by atoms with Gasteiger partial charge < -0.3 is 15.0 Å². The van der Waals surface area contributed by atoms with Gasteiger partial charge in [0.25, 0.3) is 5.91 Å². The number of hydrogen-bond acceptors (Lipinski definition) is 5. The van der Waals surface area contributed by atoms with E-state index in [1.165, 1.54) is 0 Å². The number of para-hydroxylation sites is 1. The maximum absolute atomic E-state index is 12.8. The number of aryl methyl sites for hydroxylation is 1. The normalized spacial score (nSPS) is 15.0. The van der Waals surface area contributed by atoms with Gasteiger partial charge in [-0.1, -0.05) is 12.1 Å². The van der Waals surface area contributed by atoms with Gasteiger partial charge in [0.15, 0.2) is 0 Å². The number of hydrogen-bond donors (Lipinski definition) is 1. The number of anilines is 1. The number of ether oxygens (including phenoxy) is 1. The summed E-state index contributed by atoms with van der Waals surface area (Å²) in [6.45, 7) is 5.83.